The van der Waals surface area contributed by atoms with E-state index in [1.807, 2.05) is 17.2 Å². The number of piperazine rings is 1. The van der Waals surface area contributed by atoms with Gasteiger partial charge in [-0.05, 0) is 25.3 Å². The standard InChI is InChI=1S/C21H28N4OS/c1-17-22-20(16-27-17)21(26)25-9-7-19(8-10-25)24-13-11-23(12-14-24)15-18-5-3-2-4-6-18/h2-6,16,19H,7-15H2,1H3. The highest BCUT2D eigenvalue weighted by Crippen LogP contribution is 2.21. The summed E-state index contributed by atoms with van der Waals surface area (Å²) in [6.07, 6.45) is 2.15. The molecule has 2 aliphatic heterocycles. The predicted octanol–water partition coefficient (Wildman–Crippen LogP) is 2.87. The molecule has 144 valence electrons. The molecule has 5 nitrogen and oxygen atoms in total. The number of aryl methyl sites for hydroxylation is 1. The molecular formula is C21H28N4OS. The summed E-state index contributed by atoms with van der Waals surface area (Å²) in [7, 11) is 0. The maximum absolute atomic E-state index is 12.6. The van der Waals surface area contributed by atoms with Crippen molar-refractivity contribution in [2.24, 2.45) is 0 Å². The second kappa shape index (κ2) is 8.50. The minimum Gasteiger partial charge on any atom is -0.337 e. The van der Waals surface area contributed by atoms with Crippen LogP contribution in [0.5, 0.6) is 0 Å². The largest absolute Gasteiger partial charge is 0.337 e. The molecule has 0 N–H and O–H groups in total. The smallest absolute Gasteiger partial charge is 0.273 e. The molecule has 0 aliphatic carbocycles. The summed E-state index contributed by atoms with van der Waals surface area (Å²) >= 11 is 1.55. The minimum atomic E-state index is 0.102. The third-order valence-corrected chi connectivity index (χ3v) is 6.54. The van der Waals surface area contributed by atoms with Gasteiger partial charge in [0.15, 0.2) is 0 Å². The zero-order chi connectivity index (χ0) is 18.6. The Balaban J connectivity index is 1.23. The van der Waals surface area contributed by atoms with E-state index in [0.29, 0.717) is 11.7 Å². The van der Waals surface area contributed by atoms with Gasteiger partial charge in [-0.2, -0.15) is 0 Å². The summed E-state index contributed by atoms with van der Waals surface area (Å²) in [5, 5.41) is 2.84. The average Bonchev–Trinajstić information content (AvgIpc) is 3.15. The fourth-order valence-corrected chi connectivity index (χ4v) is 4.77. The predicted molar refractivity (Wildman–Crippen MR) is 109 cm³/mol. The van der Waals surface area contributed by atoms with Crippen LogP contribution in [0.2, 0.25) is 0 Å². The van der Waals surface area contributed by atoms with Gasteiger partial charge in [-0.15, -0.1) is 11.3 Å². The highest BCUT2D eigenvalue weighted by Gasteiger charge is 2.29. The van der Waals surface area contributed by atoms with Gasteiger partial charge < -0.3 is 4.90 Å². The Morgan fingerprint density at radius 3 is 2.41 bits per heavy atom. The van der Waals surface area contributed by atoms with Gasteiger partial charge in [-0.1, -0.05) is 30.3 Å². The van der Waals surface area contributed by atoms with Crippen LogP contribution in [-0.4, -0.2) is 70.9 Å². The molecule has 27 heavy (non-hydrogen) atoms. The van der Waals surface area contributed by atoms with Gasteiger partial charge >= 0.3 is 0 Å². The molecule has 2 saturated heterocycles. The normalized spacial score (nSPS) is 20.1. The van der Waals surface area contributed by atoms with E-state index in [1.165, 1.54) is 5.56 Å². The molecule has 6 heteroatoms. The van der Waals surface area contributed by atoms with E-state index in [4.69, 9.17) is 0 Å². The first kappa shape index (κ1) is 18.6. The van der Waals surface area contributed by atoms with Gasteiger partial charge in [-0.3, -0.25) is 14.6 Å². The molecule has 0 unspecified atom stereocenters. The van der Waals surface area contributed by atoms with Crippen molar-refractivity contribution in [1.82, 2.24) is 19.7 Å². The van der Waals surface area contributed by atoms with E-state index < -0.39 is 0 Å². The number of hydrogen-bond donors (Lipinski definition) is 0. The zero-order valence-electron chi connectivity index (χ0n) is 16.0. The molecule has 2 fully saturated rings. The van der Waals surface area contributed by atoms with Gasteiger partial charge in [0.25, 0.3) is 5.91 Å². The Bertz CT molecular complexity index is 747. The van der Waals surface area contributed by atoms with E-state index in [1.54, 1.807) is 11.3 Å². The summed E-state index contributed by atoms with van der Waals surface area (Å²) in [5.41, 5.74) is 2.01. The van der Waals surface area contributed by atoms with Crippen LogP contribution >= 0.6 is 11.3 Å². The van der Waals surface area contributed by atoms with Crippen molar-refractivity contribution in [3.05, 3.63) is 52.0 Å². The van der Waals surface area contributed by atoms with Crippen molar-refractivity contribution in [3.63, 3.8) is 0 Å². The van der Waals surface area contributed by atoms with Crippen LogP contribution in [0.15, 0.2) is 35.7 Å². The number of carbonyl (C=O) groups is 1. The van der Waals surface area contributed by atoms with Gasteiger partial charge in [0.1, 0.15) is 5.69 Å². The number of likely N-dealkylation sites (tertiary alicyclic amines) is 1. The summed E-state index contributed by atoms with van der Waals surface area (Å²) in [6, 6.07) is 11.4. The minimum absolute atomic E-state index is 0.102. The molecule has 4 rings (SSSR count). The molecular weight excluding hydrogens is 356 g/mol. The number of carbonyl (C=O) groups excluding carboxylic acids is 1. The van der Waals surface area contributed by atoms with E-state index in [2.05, 4.69) is 45.1 Å². The molecule has 1 amide bonds. The number of rotatable bonds is 4. The van der Waals surface area contributed by atoms with Crippen LogP contribution in [-0.2, 0) is 6.54 Å². The molecule has 2 aromatic rings. The molecule has 0 saturated carbocycles. The quantitative estimate of drug-likeness (QED) is 0.813. The van der Waals surface area contributed by atoms with Crippen LogP contribution in [0.3, 0.4) is 0 Å². The second-order valence-electron chi connectivity index (χ2n) is 7.57. The highest BCUT2D eigenvalue weighted by molar-refractivity contribution is 7.09. The van der Waals surface area contributed by atoms with Crippen LogP contribution in [0.1, 0.15) is 33.9 Å². The van der Waals surface area contributed by atoms with Crippen LogP contribution < -0.4 is 0 Å². The topological polar surface area (TPSA) is 39.7 Å². The van der Waals surface area contributed by atoms with Gasteiger partial charge in [0.05, 0.1) is 5.01 Å². The number of piperidine rings is 1. The Labute approximate surface area is 165 Å². The lowest BCUT2D eigenvalue weighted by atomic mass is 10.0. The molecule has 2 aliphatic rings. The third kappa shape index (κ3) is 4.57. The number of amides is 1. The maximum atomic E-state index is 12.6. The van der Waals surface area contributed by atoms with Gasteiger partial charge in [-0.25, -0.2) is 4.98 Å². The van der Waals surface area contributed by atoms with Crippen molar-refractivity contribution in [1.29, 1.82) is 0 Å². The molecule has 0 bridgehead atoms. The van der Waals surface area contributed by atoms with E-state index in [9.17, 15) is 4.79 Å². The Hall–Kier alpha value is -1.76. The number of thiazole rings is 1. The Morgan fingerprint density at radius 2 is 1.78 bits per heavy atom. The number of aromatic nitrogens is 1. The van der Waals surface area contributed by atoms with Gasteiger partial charge in [0.2, 0.25) is 0 Å². The van der Waals surface area contributed by atoms with Crippen LogP contribution in [0.4, 0.5) is 0 Å². The van der Waals surface area contributed by atoms with Gasteiger partial charge in [0, 0.05) is 57.2 Å². The lowest BCUT2D eigenvalue weighted by molar-refractivity contribution is 0.0465. The summed E-state index contributed by atoms with van der Waals surface area (Å²) < 4.78 is 0. The maximum Gasteiger partial charge on any atom is 0.273 e. The second-order valence-corrected chi connectivity index (χ2v) is 8.64. The molecule has 0 spiro atoms. The molecule has 0 atom stereocenters. The summed E-state index contributed by atoms with van der Waals surface area (Å²) in [4.78, 5) is 24.1. The van der Waals surface area contributed by atoms with Crippen molar-refractivity contribution in [2.45, 2.75) is 32.4 Å². The van der Waals surface area contributed by atoms with Crippen molar-refractivity contribution in [3.8, 4) is 0 Å². The zero-order valence-corrected chi connectivity index (χ0v) is 16.8. The number of hydrogen-bond acceptors (Lipinski definition) is 5. The molecule has 1 aromatic heterocycles. The van der Waals surface area contributed by atoms with E-state index >= 15 is 0 Å². The Kier molecular flexibility index (Phi) is 5.86. The highest BCUT2D eigenvalue weighted by atomic mass is 32.1. The Morgan fingerprint density at radius 1 is 1.07 bits per heavy atom. The van der Waals surface area contributed by atoms with Crippen molar-refractivity contribution >= 4 is 17.2 Å². The van der Waals surface area contributed by atoms with Crippen molar-refractivity contribution < 1.29 is 4.79 Å². The first-order valence-electron chi connectivity index (χ1n) is 9.91. The lowest BCUT2D eigenvalue weighted by Gasteiger charge is -2.42. The first-order valence-corrected chi connectivity index (χ1v) is 10.8. The average molecular weight is 385 g/mol. The van der Waals surface area contributed by atoms with Crippen molar-refractivity contribution in [2.75, 3.05) is 39.3 Å². The molecule has 1 aromatic carbocycles. The molecule has 3 heterocycles. The van der Waals surface area contributed by atoms with Crippen LogP contribution in [0.25, 0.3) is 0 Å². The third-order valence-electron chi connectivity index (χ3n) is 5.76. The molecule has 0 radical (unpaired) electrons. The monoisotopic (exact) mass is 384 g/mol. The fourth-order valence-electron chi connectivity index (χ4n) is 4.19. The number of benzene rings is 1. The number of nitrogens with zero attached hydrogens (tertiary/aromatic N) is 4. The SMILES string of the molecule is Cc1nc(C(=O)N2CCC(N3CCN(Cc4ccccc4)CC3)CC2)cs1. The summed E-state index contributed by atoms with van der Waals surface area (Å²) in [6.45, 7) is 9.24. The summed E-state index contributed by atoms with van der Waals surface area (Å²) in [5.74, 6) is 0.102. The van der Waals surface area contributed by atoms with Crippen LogP contribution in [0, 0.1) is 6.92 Å². The van der Waals surface area contributed by atoms with E-state index in [-0.39, 0.29) is 5.91 Å². The first-order chi connectivity index (χ1) is 13.2. The fraction of sp³-hybridized carbons (Fsp3) is 0.524. The lowest BCUT2D eigenvalue weighted by Crippen LogP contribution is -2.53. The van der Waals surface area contributed by atoms with E-state index in [0.717, 1.165) is 63.7 Å².